The average Bonchev–Trinajstić information content (AvgIpc) is 2.72. The normalized spacial score (nSPS) is 14.3. The number of amides is 1. The van der Waals surface area contributed by atoms with Crippen LogP contribution in [0.1, 0.15) is 64.5 Å². The number of pyridine rings is 1. The van der Waals surface area contributed by atoms with Crippen molar-refractivity contribution < 1.29 is 9.90 Å². The molecule has 30 heavy (non-hydrogen) atoms. The minimum atomic E-state index is -0.360. The van der Waals surface area contributed by atoms with Crippen molar-refractivity contribution in [2.45, 2.75) is 66.4 Å². The number of nitrogens with one attached hydrogen (secondary N) is 1. The Balaban J connectivity index is 3.47. The Hall–Kier alpha value is -2.97. The molecule has 1 unspecified atom stereocenters. The van der Waals surface area contributed by atoms with E-state index in [9.17, 15) is 15.2 Å². The van der Waals surface area contributed by atoms with Crippen molar-refractivity contribution in [2.24, 2.45) is 0 Å². The molecule has 1 atom stereocenters. The summed E-state index contributed by atoms with van der Waals surface area (Å²) >= 11 is 0. The third-order valence-corrected chi connectivity index (χ3v) is 4.80. The van der Waals surface area contributed by atoms with Gasteiger partial charge in [0, 0.05) is 6.20 Å². The van der Waals surface area contributed by atoms with E-state index in [1.165, 1.54) is 0 Å². The second-order valence-corrected chi connectivity index (χ2v) is 7.15. The van der Waals surface area contributed by atoms with E-state index < -0.39 is 0 Å². The highest BCUT2D eigenvalue weighted by atomic mass is 16.3. The molecule has 1 heterocycles. The first kappa shape index (κ1) is 25.1. The van der Waals surface area contributed by atoms with Gasteiger partial charge in [0.05, 0.1) is 17.7 Å². The SMILES string of the molecule is C/C=C(C(\C)=C/CC(O)CCC)/C(=C/c1cnc(NC=O)cc1C)C(/C#N)=C/CC. The number of aryl methyl sites for hydroxylation is 1. The summed E-state index contributed by atoms with van der Waals surface area (Å²) in [6, 6.07) is 4.12. The van der Waals surface area contributed by atoms with E-state index in [4.69, 9.17) is 0 Å². The maximum atomic E-state index is 10.7. The van der Waals surface area contributed by atoms with Gasteiger partial charge in [-0.2, -0.15) is 5.26 Å². The first-order chi connectivity index (χ1) is 14.4. The standard InChI is InChI=1S/C25H33N3O2/c1-6-9-20(15-26)24(14-21-16-27-25(28-17-29)13-19(21)5)23(8-3)18(4)11-12-22(30)10-7-2/h8-9,11,13-14,16-17,22,30H,6-7,10,12H2,1-5H3,(H,27,28,29)/b18-11-,20-9+,23-8+,24-14+. The zero-order valence-corrected chi connectivity index (χ0v) is 18.7. The summed E-state index contributed by atoms with van der Waals surface area (Å²) in [5.74, 6) is 0.484. The van der Waals surface area contributed by atoms with E-state index >= 15 is 0 Å². The van der Waals surface area contributed by atoms with Crippen LogP contribution in [0.15, 0.2) is 52.8 Å². The number of hydrogen-bond acceptors (Lipinski definition) is 4. The van der Waals surface area contributed by atoms with Gasteiger partial charge in [0.25, 0.3) is 0 Å². The van der Waals surface area contributed by atoms with Gasteiger partial charge in [0.15, 0.2) is 0 Å². The van der Waals surface area contributed by atoms with Crippen LogP contribution < -0.4 is 5.32 Å². The minimum absolute atomic E-state index is 0.360. The molecular weight excluding hydrogens is 374 g/mol. The lowest BCUT2D eigenvalue weighted by Crippen LogP contribution is -2.04. The fraction of sp³-hybridized carbons (Fsp3) is 0.400. The first-order valence-corrected chi connectivity index (χ1v) is 10.4. The molecule has 0 aliphatic heterocycles. The zero-order valence-electron chi connectivity index (χ0n) is 18.7. The molecule has 5 nitrogen and oxygen atoms in total. The Morgan fingerprint density at radius 3 is 2.60 bits per heavy atom. The Morgan fingerprint density at radius 1 is 1.33 bits per heavy atom. The van der Waals surface area contributed by atoms with E-state index in [1.807, 2.05) is 52.0 Å². The summed E-state index contributed by atoms with van der Waals surface area (Å²) < 4.78 is 0. The first-order valence-electron chi connectivity index (χ1n) is 10.4. The summed E-state index contributed by atoms with van der Waals surface area (Å²) in [6.07, 6.45) is 12.9. The summed E-state index contributed by atoms with van der Waals surface area (Å²) in [5.41, 5.74) is 5.20. The van der Waals surface area contributed by atoms with Gasteiger partial charge < -0.3 is 10.4 Å². The number of anilines is 1. The Morgan fingerprint density at radius 2 is 2.07 bits per heavy atom. The smallest absolute Gasteiger partial charge is 0.212 e. The highest BCUT2D eigenvalue weighted by Crippen LogP contribution is 2.29. The van der Waals surface area contributed by atoms with Gasteiger partial charge in [-0.3, -0.25) is 4.79 Å². The average molecular weight is 408 g/mol. The highest BCUT2D eigenvalue weighted by Gasteiger charge is 2.14. The number of aromatic nitrogens is 1. The van der Waals surface area contributed by atoms with Gasteiger partial charge in [-0.25, -0.2) is 4.98 Å². The Kier molecular flexibility index (Phi) is 11.1. The topological polar surface area (TPSA) is 86.0 Å². The number of nitriles is 1. The van der Waals surface area contributed by atoms with Crippen LogP contribution in [-0.4, -0.2) is 22.6 Å². The Labute approximate surface area is 180 Å². The quantitative estimate of drug-likeness (QED) is 0.282. The largest absolute Gasteiger partial charge is 0.393 e. The number of aliphatic hydroxyl groups excluding tert-OH is 1. The molecule has 5 heteroatoms. The van der Waals surface area contributed by atoms with Gasteiger partial charge in [0.1, 0.15) is 5.82 Å². The molecule has 2 N–H and O–H groups in total. The molecule has 0 spiro atoms. The molecule has 1 aromatic heterocycles. The highest BCUT2D eigenvalue weighted by molar-refractivity contribution is 5.74. The van der Waals surface area contributed by atoms with Crippen molar-refractivity contribution in [3.05, 3.63) is 63.9 Å². The molecule has 0 aromatic carbocycles. The van der Waals surface area contributed by atoms with E-state index in [0.29, 0.717) is 24.2 Å². The van der Waals surface area contributed by atoms with E-state index in [-0.39, 0.29) is 6.10 Å². The van der Waals surface area contributed by atoms with Crippen molar-refractivity contribution in [3.8, 4) is 6.07 Å². The third-order valence-electron chi connectivity index (χ3n) is 4.80. The van der Waals surface area contributed by atoms with Gasteiger partial charge in [-0.05, 0) is 80.0 Å². The Bertz CT molecular complexity index is 886. The van der Waals surface area contributed by atoms with Crippen molar-refractivity contribution in [3.63, 3.8) is 0 Å². The van der Waals surface area contributed by atoms with Crippen LogP contribution in [-0.2, 0) is 4.79 Å². The molecule has 0 fully saturated rings. The maximum absolute atomic E-state index is 10.7. The van der Waals surface area contributed by atoms with Crippen LogP contribution in [0, 0.1) is 18.3 Å². The van der Waals surface area contributed by atoms with Crippen molar-refractivity contribution >= 4 is 18.3 Å². The van der Waals surface area contributed by atoms with Crippen LogP contribution in [0.2, 0.25) is 0 Å². The van der Waals surface area contributed by atoms with E-state index in [0.717, 1.165) is 47.1 Å². The van der Waals surface area contributed by atoms with E-state index in [2.05, 4.69) is 23.3 Å². The lowest BCUT2D eigenvalue weighted by molar-refractivity contribution is -0.105. The fourth-order valence-electron chi connectivity index (χ4n) is 3.20. The predicted octanol–water partition coefficient (Wildman–Crippen LogP) is 5.65. The van der Waals surface area contributed by atoms with Crippen LogP contribution >= 0.6 is 0 Å². The molecule has 0 aliphatic carbocycles. The predicted molar refractivity (Wildman–Crippen MR) is 124 cm³/mol. The molecule has 1 aromatic rings. The minimum Gasteiger partial charge on any atom is -0.393 e. The van der Waals surface area contributed by atoms with Gasteiger partial charge in [0.2, 0.25) is 6.41 Å². The second kappa shape index (κ2) is 13.3. The molecule has 0 radical (unpaired) electrons. The molecule has 1 amide bonds. The fourth-order valence-corrected chi connectivity index (χ4v) is 3.20. The number of nitrogens with zero attached hydrogens (tertiary/aromatic N) is 2. The van der Waals surface area contributed by atoms with Gasteiger partial charge in [-0.15, -0.1) is 0 Å². The molecular formula is C25H33N3O2. The monoisotopic (exact) mass is 407 g/mol. The zero-order chi connectivity index (χ0) is 22.5. The third kappa shape index (κ3) is 7.46. The molecule has 0 saturated carbocycles. The number of carbonyl (C=O) groups is 1. The number of allylic oxidation sites excluding steroid dienone is 6. The van der Waals surface area contributed by atoms with Crippen LogP contribution in [0.4, 0.5) is 5.82 Å². The van der Waals surface area contributed by atoms with E-state index in [1.54, 1.807) is 12.3 Å². The number of rotatable bonds is 11. The maximum Gasteiger partial charge on any atom is 0.212 e. The van der Waals surface area contributed by atoms with Crippen molar-refractivity contribution in [2.75, 3.05) is 5.32 Å². The number of aliphatic hydroxyl groups is 1. The molecule has 0 saturated heterocycles. The van der Waals surface area contributed by atoms with Crippen molar-refractivity contribution in [1.82, 2.24) is 4.98 Å². The lowest BCUT2D eigenvalue weighted by Gasteiger charge is -2.15. The summed E-state index contributed by atoms with van der Waals surface area (Å²) in [5, 5.41) is 22.4. The number of carbonyl (C=O) groups excluding carboxylic acids is 1. The van der Waals surface area contributed by atoms with Crippen LogP contribution in [0.25, 0.3) is 6.08 Å². The summed E-state index contributed by atoms with van der Waals surface area (Å²) in [7, 11) is 0. The van der Waals surface area contributed by atoms with Crippen molar-refractivity contribution in [1.29, 1.82) is 5.26 Å². The lowest BCUT2D eigenvalue weighted by atomic mass is 9.89. The summed E-state index contributed by atoms with van der Waals surface area (Å²) in [4.78, 5) is 14.9. The summed E-state index contributed by atoms with van der Waals surface area (Å²) in [6.45, 7) is 9.95. The molecule has 0 aliphatic rings. The van der Waals surface area contributed by atoms with Gasteiger partial charge in [-0.1, -0.05) is 38.5 Å². The molecule has 1 rings (SSSR count). The van der Waals surface area contributed by atoms with Crippen LogP contribution in [0.5, 0.6) is 0 Å². The van der Waals surface area contributed by atoms with Crippen LogP contribution in [0.3, 0.4) is 0 Å². The molecule has 0 bridgehead atoms. The number of hydrogen-bond donors (Lipinski definition) is 2. The molecule has 160 valence electrons. The second-order valence-electron chi connectivity index (χ2n) is 7.15. The van der Waals surface area contributed by atoms with Gasteiger partial charge >= 0.3 is 0 Å².